The molecule has 134 valence electrons. The number of hydrogen-bond donors (Lipinski definition) is 0. The van der Waals surface area contributed by atoms with Gasteiger partial charge in [-0.3, -0.25) is 9.67 Å². The molecule has 0 spiro atoms. The summed E-state index contributed by atoms with van der Waals surface area (Å²) in [5, 5.41) is 5.88. The summed E-state index contributed by atoms with van der Waals surface area (Å²) in [7, 11) is 0. The van der Waals surface area contributed by atoms with E-state index in [1.807, 2.05) is 53.6 Å². The van der Waals surface area contributed by atoms with E-state index in [2.05, 4.69) is 46.4 Å². The standard InChI is InChI=1S/C23H17N5/c1-2-7-22-17(4-1)8-9-21(26-22)15-28-11-10-23(27-28)19-6-3-5-18(12-19)20-13-24-16-25-14-20/h1-14,16H,15H2. The van der Waals surface area contributed by atoms with Crippen LogP contribution in [-0.2, 0) is 6.54 Å². The van der Waals surface area contributed by atoms with E-state index in [0.717, 1.165) is 39.0 Å². The number of rotatable bonds is 4. The number of fused-ring (bicyclic) bond motifs is 1. The van der Waals surface area contributed by atoms with Crippen LogP contribution in [0.5, 0.6) is 0 Å². The first kappa shape index (κ1) is 16.3. The van der Waals surface area contributed by atoms with Gasteiger partial charge in [0.2, 0.25) is 0 Å². The molecule has 0 aliphatic carbocycles. The second-order valence-electron chi connectivity index (χ2n) is 6.60. The van der Waals surface area contributed by atoms with Gasteiger partial charge < -0.3 is 0 Å². The zero-order chi connectivity index (χ0) is 18.8. The van der Waals surface area contributed by atoms with Crippen LogP contribution in [0.4, 0.5) is 0 Å². The third kappa shape index (κ3) is 3.25. The lowest BCUT2D eigenvalue weighted by molar-refractivity contribution is 0.677. The molecule has 0 unspecified atom stereocenters. The topological polar surface area (TPSA) is 56.5 Å². The highest BCUT2D eigenvalue weighted by atomic mass is 15.3. The molecule has 28 heavy (non-hydrogen) atoms. The molecule has 3 aromatic heterocycles. The molecule has 5 nitrogen and oxygen atoms in total. The number of hydrogen-bond acceptors (Lipinski definition) is 4. The van der Waals surface area contributed by atoms with Crippen LogP contribution in [0.1, 0.15) is 5.69 Å². The van der Waals surface area contributed by atoms with Gasteiger partial charge in [-0.15, -0.1) is 0 Å². The highest BCUT2D eigenvalue weighted by molar-refractivity contribution is 5.78. The van der Waals surface area contributed by atoms with Crippen LogP contribution in [0.15, 0.2) is 91.6 Å². The van der Waals surface area contributed by atoms with E-state index in [0.29, 0.717) is 6.54 Å². The second-order valence-corrected chi connectivity index (χ2v) is 6.60. The van der Waals surface area contributed by atoms with Crippen LogP contribution in [0, 0.1) is 0 Å². The number of para-hydroxylation sites is 1. The Morgan fingerprint density at radius 3 is 2.54 bits per heavy atom. The van der Waals surface area contributed by atoms with Gasteiger partial charge in [0.05, 0.1) is 23.4 Å². The predicted molar refractivity (Wildman–Crippen MR) is 110 cm³/mol. The maximum Gasteiger partial charge on any atom is 0.115 e. The van der Waals surface area contributed by atoms with Crippen LogP contribution in [0.3, 0.4) is 0 Å². The molecule has 0 fully saturated rings. The fourth-order valence-electron chi connectivity index (χ4n) is 3.27. The van der Waals surface area contributed by atoms with Crippen LogP contribution in [-0.4, -0.2) is 24.7 Å². The lowest BCUT2D eigenvalue weighted by Crippen LogP contribution is -2.02. The van der Waals surface area contributed by atoms with Crippen LogP contribution >= 0.6 is 0 Å². The van der Waals surface area contributed by atoms with Crippen molar-refractivity contribution < 1.29 is 0 Å². The molecule has 0 aliphatic rings. The van der Waals surface area contributed by atoms with Gasteiger partial charge in [-0.25, -0.2) is 9.97 Å². The van der Waals surface area contributed by atoms with Gasteiger partial charge in [-0.2, -0.15) is 5.10 Å². The third-order valence-corrected chi connectivity index (χ3v) is 4.67. The molecule has 5 aromatic rings. The van der Waals surface area contributed by atoms with E-state index in [-0.39, 0.29) is 0 Å². The van der Waals surface area contributed by atoms with Gasteiger partial charge in [-0.05, 0) is 29.8 Å². The van der Waals surface area contributed by atoms with E-state index in [1.54, 1.807) is 0 Å². The predicted octanol–water partition coefficient (Wildman–Crippen LogP) is 4.60. The molecule has 0 saturated heterocycles. The van der Waals surface area contributed by atoms with Crippen LogP contribution in [0.2, 0.25) is 0 Å². The summed E-state index contributed by atoms with van der Waals surface area (Å²) in [6.45, 7) is 0.636. The molecule has 0 amide bonds. The largest absolute Gasteiger partial charge is 0.266 e. The Bertz CT molecular complexity index is 1240. The average Bonchev–Trinajstić information content (AvgIpc) is 3.23. The second kappa shape index (κ2) is 7.04. The SMILES string of the molecule is c1cc(-c2cncnc2)cc(-c2ccn(Cc3ccc4ccccc4n3)n2)c1. The van der Waals surface area contributed by atoms with Crippen molar-refractivity contribution in [2.45, 2.75) is 6.54 Å². The van der Waals surface area contributed by atoms with Crippen molar-refractivity contribution in [2.24, 2.45) is 0 Å². The van der Waals surface area contributed by atoms with E-state index in [1.165, 1.54) is 6.33 Å². The van der Waals surface area contributed by atoms with Crippen molar-refractivity contribution in [1.29, 1.82) is 0 Å². The summed E-state index contributed by atoms with van der Waals surface area (Å²) in [4.78, 5) is 12.9. The quantitative estimate of drug-likeness (QED) is 0.468. The molecule has 0 saturated carbocycles. The average molecular weight is 363 g/mol. The Kier molecular flexibility index (Phi) is 4.10. The van der Waals surface area contributed by atoms with Gasteiger partial charge in [-0.1, -0.05) is 42.5 Å². The lowest BCUT2D eigenvalue weighted by atomic mass is 10.0. The molecular weight excluding hydrogens is 346 g/mol. The minimum Gasteiger partial charge on any atom is -0.266 e. The Morgan fingerprint density at radius 1 is 0.750 bits per heavy atom. The Labute approximate surface area is 162 Å². The van der Waals surface area contributed by atoms with Gasteiger partial charge in [0, 0.05) is 35.1 Å². The first-order valence-electron chi connectivity index (χ1n) is 9.09. The fourth-order valence-corrected chi connectivity index (χ4v) is 3.27. The summed E-state index contributed by atoms with van der Waals surface area (Å²) in [6, 6.07) is 22.6. The van der Waals surface area contributed by atoms with Gasteiger partial charge in [0.1, 0.15) is 6.33 Å². The van der Waals surface area contributed by atoms with E-state index in [4.69, 9.17) is 10.1 Å². The van der Waals surface area contributed by atoms with Crippen LogP contribution in [0.25, 0.3) is 33.3 Å². The number of nitrogens with zero attached hydrogens (tertiary/aromatic N) is 5. The summed E-state index contributed by atoms with van der Waals surface area (Å²) >= 11 is 0. The zero-order valence-electron chi connectivity index (χ0n) is 15.1. The van der Waals surface area contributed by atoms with Crippen molar-refractivity contribution in [3.63, 3.8) is 0 Å². The maximum atomic E-state index is 4.74. The first-order valence-corrected chi connectivity index (χ1v) is 9.09. The minimum absolute atomic E-state index is 0.636. The molecule has 0 bridgehead atoms. The van der Waals surface area contributed by atoms with Crippen molar-refractivity contribution in [3.05, 3.63) is 97.3 Å². The van der Waals surface area contributed by atoms with Crippen molar-refractivity contribution in [3.8, 4) is 22.4 Å². The third-order valence-electron chi connectivity index (χ3n) is 4.67. The summed E-state index contributed by atoms with van der Waals surface area (Å²) in [5.41, 5.74) is 6.05. The van der Waals surface area contributed by atoms with Crippen LogP contribution < -0.4 is 0 Å². The molecular formula is C23H17N5. The fraction of sp³-hybridized carbons (Fsp3) is 0.0435. The Hall–Kier alpha value is -3.86. The van der Waals surface area contributed by atoms with Crippen molar-refractivity contribution >= 4 is 10.9 Å². The summed E-state index contributed by atoms with van der Waals surface area (Å²) < 4.78 is 1.92. The normalized spacial score (nSPS) is 11.0. The van der Waals surface area contributed by atoms with E-state index in [9.17, 15) is 0 Å². The smallest absolute Gasteiger partial charge is 0.115 e. The molecule has 2 aromatic carbocycles. The number of benzene rings is 2. The summed E-state index contributed by atoms with van der Waals surface area (Å²) in [5.74, 6) is 0. The minimum atomic E-state index is 0.636. The molecule has 0 atom stereocenters. The Balaban J connectivity index is 1.41. The van der Waals surface area contributed by atoms with Gasteiger partial charge >= 0.3 is 0 Å². The molecule has 0 radical (unpaired) electrons. The first-order chi connectivity index (χ1) is 13.8. The molecule has 3 heterocycles. The molecule has 5 heteroatoms. The molecule has 5 rings (SSSR count). The Morgan fingerprint density at radius 2 is 1.61 bits per heavy atom. The van der Waals surface area contributed by atoms with Crippen molar-refractivity contribution in [2.75, 3.05) is 0 Å². The van der Waals surface area contributed by atoms with Gasteiger partial charge in [0.25, 0.3) is 0 Å². The number of pyridine rings is 1. The molecule has 0 aliphatic heterocycles. The van der Waals surface area contributed by atoms with E-state index < -0.39 is 0 Å². The van der Waals surface area contributed by atoms with Crippen molar-refractivity contribution in [1.82, 2.24) is 24.7 Å². The molecule has 0 N–H and O–H groups in total. The monoisotopic (exact) mass is 363 g/mol. The maximum absolute atomic E-state index is 4.74. The zero-order valence-corrected chi connectivity index (χ0v) is 15.1. The lowest BCUT2D eigenvalue weighted by Gasteiger charge is -2.04. The highest BCUT2D eigenvalue weighted by Gasteiger charge is 2.06. The van der Waals surface area contributed by atoms with E-state index >= 15 is 0 Å². The highest BCUT2D eigenvalue weighted by Crippen LogP contribution is 2.24. The number of aromatic nitrogens is 5. The van der Waals surface area contributed by atoms with Gasteiger partial charge in [0.15, 0.2) is 0 Å². The summed E-state index contributed by atoms with van der Waals surface area (Å²) in [6.07, 6.45) is 7.16.